The van der Waals surface area contributed by atoms with Gasteiger partial charge in [0.2, 0.25) is 0 Å². The van der Waals surface area contributed by atoms with Gasteiger partial charge >= 0.3 is 233 Å². The molecule has 144 valence electrons. The second kappa shape index (κ2) is 29.9. The van der Waals surface area contributed by atoms with E-state index in [9.17, 15) is 4.79 Å². The molecule has 1 aliphatic carbocycles. The molecule has 0 radical (unpaired) electrons. The van der Waals surface area contributed by atoms with Crippen molar-refractivity contribution in [2.45, 2.75) is 93.1 Å². The van der Waals surface area contributed by atoms with Gasteiger partial charge in [0.1, 0.15) is 0 Å². The average Bonchev–Trinajstić information content (AvgIpc) is 2.65. The SMILES string of the molecule is CC.CC.CCOC1C[CH-]N(C(=O)C2CCC(C(C)C)CC2)[CH-]C1.[Rb+].[Rb+].[Rb+].[Rb+]. The number of ether oxygens (including phenoxy) is 1. The molecule has 7 heteroatoms. The molecular formula is C21H41NO2Rb4+2. The van der Waals surface area contributed by atoms with Crippen LogP contribution in [0, 0.1) is 30.8 Å². The zero-order chi connectivity index (χ0) is 18.5. The fraction of sp³-hybridized carbons (Fsp3) is 0.857. The van der Waals surface area contributed by atoms with Crippen molar-refractivity contribution in [3.8, 4) is 0 Å². The van der Waals surface area contributed by atoms with E-state index >= 15 is 0 Å². The molecule has 2 fully saturated rings. The Morgan fingerprint density at radius 2 is 1.36 bits per heavy atom. The third-order valence-electron chi connectivity index (χ3n) is 4.85. The molecule has 1 saturated heterocycles. The van der Waals surface area contributed by atoms with E-state index in [0.29, 0.717) is 5.91 Å². The molecule has 1 heterocycles. The van der Waals surface area contributed by atoms with Gasteiger partial charge in [-0.1, -0.05) is 41.5 Å². The minimum absolute atomic E-state index is 0. The van der Waals surface area contributed by atoms with Crippen LogP contribution in [0.5, 0.6) is 0 Å². The van der Waals surface area contributed by atoms with Crippen molar-refractivity contribution in [3.05, 3.63) is 13.1 Å². The van der Waals surface area contributed by atoms with E-state index in [1.165, 1.54) is 12.8 Å². The number of amides is 1. The van der Waals surface area contributed by atoms with Crippen molar-refractivity contribution in [1.29, 1.82) is 0 Å². The summed E-state index contributed by atoms with van der Waals surface area (Å²) >= 11 is 0. The van der Waals surface area contributed by atoms with Crippen LogP contribution in [0.1, 0.15) is 87.0 Å². The van der Waals surface area contributed by atoms with E-state index in [1.807, 2.05) is 52.6 Å². The summed E-state index contributed by atoms with van der Waals surface area (Å²) in [4.78, 5) is 14.4. The molecule has 2 aliphatic rings. The molecular weight excluding hydrogens is 640 g/mol. The Balaban J connectivity index is -0.000000207. The number of hydrogen-bond donors (Lipinski definition) is 0. The molecule has 1 amide bonds. The Morgan fingerprint density at radius 1 is 0.929 bits per heavy atom. The van der Waals surface area contributed by atoms with E-state index in [-0.39, 0.29) is 245 Å². The minimum atomic E-state index is 0. The van der Waals surface area contributed by atoms with Crippen molar-refractivity contribution < 1.29 is 242 Å². The first-order valence-electron chi connectivity index (χ1n) is 10.2. The maximum atomic E-state index is 12.5. The van der Waals surface area contributed by atoms with Gasteiger partial charge in [-0.15, -0.1) is 12.8 Å². The van der Waals surface area contributed by atoms with Gasteiger partial charge < -0.3 is 9.64 Å². The van der Waals surface area contributed by atoms with Gasteiger partial charge in [0, 0.05) is 18.6 Å². The normalized spacial score (nSPS) is 21.1. The Labute approximate surface area is 372 Å². The maximum absolute atomic E-state index is 12.5. The van der Waals surface area contributed by atoms with Gasteiger partial charge in [-0.2, -0.15) is 0 Å². The molecule has 0 spiro atoms. The molecule has 2 rings (SSSR count). The summed E-state index contributed by atoms with van der Waals surface area (Å²) < 4.78 is 5.60. The van der Waals surface area contributed by atoms with Crippen molar-refractivity contribution in [3.63, 3.8) is 0 Å². The molecule has 1 saturated carbocycles. The first kappa shape index (κ1) is 44.6. The van der Waals surface area contributed by atoms with Crippen LogP contribution in [-0.4, -0.2) is 23.5 Å². The Morgan fingerprint density at radius 3 is 1.71 bits per heavy atom. The largest absolute Gasteiger partial charge is 1.00 e. The van der Waals surface area contributed by atoms with Crippen molar-refractivity contribution in [1.82, 2.24) is 4.90 Å². The zero-order valence-corrected chi connectivity index (χ0v) is 40.8. The summed E-state index contributed by atoms with van der Waals surface area (Å²) in [5.74, 6) is 2.12. The van der Waals surface area contributed by atoms with Crippen LogP contribution in [0.25, 0.3) is 0 Å². The molecule has 0 bridgehead atoms. The second-order valence-corrected chi connectivity index (χ2v) is 6.52. The molecule has 3 nitrogen and oxygen atoms in total. The first-order valence-corrected chi connectivity index (χ1v) is 10.2. The first-order chi connectivity index (χ1) is 11.6. The minimum Gasteiger partial charge on any atom is -0.636 e. The number of carbonyl (C=O) groups is 1. The van der Waals surface area contributed by atoms with Crippen LogP contribution in [0.4, 0.5) is 0 Å². The van der Waals surface area contributed by atoms with Gasteiger partial charge in [-0.25, -0.2) is 0 Å². The number of nitrogens with zero attached hydrogens (tertiary/aromatic N) is 1. The van der Waals surface area contributed by atoms with Crippen LogP contribution >= 0.6 is 0 Å². The number of likely N-dealkylation sites (tertiary alicyclic amines) is 1. The maximum Gasteiger partial charge on any atom is 1.00 e. The van der Waals surface area contributed by atoms with E-state index in [0.717, 1.165) is 44.1 Å². The number of piperidine rings is 1. The molecule has 0 aromatic carbocycles. The second-order valence-electron chi connectivity index (χ2n) is 6.52. The van der Waals surface area contributed by atoms with Crippen LogP contribution in [0.3, 0.4) is 0 Å². The van der Waals surface area contributed by atoms with Crippen molar-refractivity contribution in [2.24, 2.45) is 17.8 Å². The molecule has 0 atom stereocenters. The Bertz CT molecular complexity index is 318. The Hall–Kier alpha value is 6.65. The molecule has 0 aromatic rings. The molecule has 1 aliphatic heterocycles. The van der Waals surface area contributed by atoms with E-state index in [1.54, 1.807) is 0 Å². The van der Waals surface area contributed by atoms with Gasteiger partial charge in [0.15, 0.2) is 5.91 Å². The summed E-state index contributed by atoms with van der Waals surface area (Å²) in [5.41, 5.74) is 0. The van der Waals surface area contributed by atoms with Crippen LogP contribution in [0.2, 0.25) is 0 Å². The zero-order valence-electron chi connectivity index (χ0n) is 21.2. The number of hydrogen-bond acceptors (Lipinski definition) is 2. The number of rotatable bonds is 4. The monoisotopic (exact) mass is 679 g/mol. The van der Waals surface area contributed by atoms with E-state index in [4.69, 9.17) is 4.74 Å². The van der Waals surface area contributed by atoms with Crippen molar-refractivity contribution >= 4 is 5.91 Å². The molecule has 0 unspecified atom stereocenters. The molecule has 0 aromatic heterocycles. The fourth-order valence-corrected chi connectivity index (χ4v) is 3.43. The van der Waals surface area contributed by atoms with Gasteiger partial charge in [-0.05, 0) is 44.4 Å². The molecule has 0 N–H and O–H groups in total. The van der Waals surface area contributed by atoms with Crippen molar-refractivity contribution in [2.75, 3.05) is 6.61 Å². The summed E-state index contributed by atoms with van der Waals surface area (Å²) in [6.45, 7) is 19.4. The molecule has 28 heavy (non-hydrogen) atoms. The average molecular weight is 681 g/mol. The quantitative estimate of drug-likeness (QED) is 0.277. The van der Waals surface area contributed by atoms with Gasteiger partial charge in [0.05, 0.1) is 0 Å². The van der Waals surface area contributed by atoms with E-state index < -0.39 is 0 Å². The smallest absolute Gasteiger partial charge is 0.636 e. The van der Waals surface area contributed by atoms with Crippen LogP contribution in [0.15, 0.2) is 0 Å². The van der Waals surface area contributed by atoms with Crippen LogP contribution in [-0.2, 0) is 9.53 Å². The summed E-state index contributed by atoms with van der Waals surface area (Å²) in [7, 11) is 0. The standard InChI is InChI=1S/C17H29NO2.2C2H6.4Rb/c1-4-20-16-9-11-18(12-10-16)17(19)15-7-5-14(6-8-15)13(2)3;2*1-2;;;;/h11-16H,4-10H2,1-3H3;2*1-2H3;;;;/q-2;;;4*+1. The Kier molecular flexibility index (Phi) is 47.6. The predicted molar refractivity (Wildman–Crippen MR) is 103 cm³/mol. The topological polar surface area (TPSA) is 29.5 Å². The summed E-state index contributed by atoms with van der Waals surface area (Å²) in [5, 5.41) is 0. The number of carbonyl (C=O) groups excluding carboxylic acids is 1. The van der Waals surface area contributed by atoms with E-state index in [2.05, 4.69) is 13.8 Å². The third-order valence-corrected chi connectivity index (χ3v) is 4.85. The third kappa shape index (κ3) is 18.9. The van der Waals surface area contributed by atoms with Gasteiger partial charge in [-0.3, -0.25) is 17.9 Å². The van der Waals surface area contributed by atoms with Gasteiger partial charge in [0.25, 0.3) is 0 Å². The fourth-order valence-electron chi connectivity index (χ4n) is 3.43. The summed E-state index contributed by atoms with van der Waals surface area (Å²) in [6.07, 6.45) is 6.53. The van der Waals surface area contributed by atoms with Crippen LogP contribution < -0.4 is 233 Å². The summed E-state index contributed by atoms with van der Waals surface area (Å²) in [6, 6.07) is 0. The predicted octanol–water partition coefficient (Wildman–Crippen LogP) is -6.13.